The average molecular weight is 437 g/mol. The molecule has 2 aromatic rings. The van der Waals surface area contributed by atoms with Gasteiger partial charge in [-0.15, -0.1) is 0 Å². The second-order valence-corrected chi connectivity index (χ2v) is 8.58. The lowest BCUT2D eigenvalue weighted by molar-refractivity contribution is -0.136. The van der Waals surface area contributed by atoms with E-state index in [4.69, 9.17) is 4.74 Å². The maximum atomic E-state index is 12.7. The summed E-state index contributed by atoms with van der Waals surface area (Å²) in [5.41, 5.74) is 2.02. The van der Waals surface area contributed by atoms with Crippen molar-refractivity contribution < 1.29 is 14.3 Å². The molecule has 4 rings (SSSR count). The van der Waals surface area contributed by atoms with Gasteiger partial charge in [-0.1, -0.05) is 18.2 Å². The summed E-state index contributed by atoms with van der Waals surface area (Å²) < 4.78 is 5.56. The van der Waals surface area contributed by atoms with E-state index in [1.54, 1.807) is 4.90 Å². The molecule has 0 saturated carbocycles. The smallest absolute Gasteiger partial charge is 0.260 e. The summed E-state index contributed by atoms with van der Waals surface area (Å²) in [6.07, 6.45) is 1.34. The van der Waals surface area contributed by atoms with E-state index in [0.29, 0.717) is 31.7 Å². The number of hydrogen-bond acceptors (Lipinski definition) is 5. The molecule has 2 aliphatic heterocycles. The Morgan fingerprint density at radius 1 is 0.906 bits per heavy atom. The molecule has 0 aliphatic carbocycles. The number of nitrogens with zero attached hydrogens (tertiary/aromatic N) is 3. The zero-order valence-electron chi connectivity index (χ0n) is 18.7. The van der Waals surface area contributed by atoms with E-state index in [-0.39, 0.29) is 24.3 Å². The van der Waals surface area contributed by atoms with Gasteiger partial charge in [0.15, 0.2) is 6.61 Å². The monoisotopic (exact) mass is 436 g/mol. The minimum Gasteiger partial charge on any atom is -0.484 e. The van der Waals surface area contributed by atoms with Crippen LogP contribution >= 0.6 is 0 Å². The lowest BCUT2D eigenvalue weighted by Crippen LogP contribution is -2.44. The van der Waals surface area contributed by atoms with Gasteiger partial charge in [-0.2, -0.15) is 0 Å². The van der Waals surface area contributed by atoms with Crippen LogP contribution in [0, 0.1) is 5.92 Å². The predicted octanol–water partition coefficient (Wildman–Crippen LogP) is 2.69. The Labute approximate surface area is 189 Å². The van der Waals surface area contributed by atoms with Crippen molar-refractivity contribution in [3.63, 3.8) is 0 Å². The summed E-state index contributed by atoms with van der Waals surface area (Å²) >= 11 is 0. The SMILES string of the molecule is CN1CCN(c2ccc(NC(=O)C3CCN(C(=O)COc4ccccc4)CC3)cc2)CC1. The van der Waals surface area contributed by atoms with Gasteiger partial charge in [0.05, 0.1) is 0 Å². The first kappa shape index (κ1) is 22.1. The third kappa shape index (κ3) is 5.79. The lowest BCUT2D eigenvalue weighted by atomic mass is 9.95. The summed E-state index contributed by atoms with van der Waals surface area (Å²) in [4.78, 5) is 31.6. The fourth-order valence-corrected chi connectivity index (χ4v) is 4.21. The predicted molar refractivity (Wildman–Crippen MR) is 126 cm³/mol. The van der Waals surface area contributed by atoms with Gasteiger partial charge >= 0.3 is 0 Å². The summed E-state index contributed by atoms with van der Waals surface area (Å²) in [6.45, 7) is 5.37. The summed E-state index contributed by atoms with van der Waals surface area (Å²) in [7, 11) is 2.15. The number of carbonyl (C=O) groups excluding carboxylic acids is 2. The fraction of sp³-hybridized carbons (Fsp3) is 0.440. The molecule has 0 spiro atoms. The molecule has 7 heteroatoms. The Kier molecular flexibility index (Phi) is 7.27. The zero-order valence-corrected chi connectivity index (χ0v) is 18.7. The summed E-state index contributed by atoms with van der Waals surface area (Å²) in [5, 5.41) is 3.05. The Balaban J connectivity index is 1.21. The third-order valence-corrected chi connectivity index (χ3v) is 6.33. The molecule has 2 aliphatic rings. The molecule has 0 bridgehead atoms. The molecule has 0 atom stereocenters. The summed E-state index contributed by atoms with van der Waals surface area (Å²) in [6, 6.07) is 17.4. The van der Waals surface area contributed by atoms with Crippen molar-refractivity contribution in [2.75, 3.05) is 63.1 Å². The molecule has 170 valence electrons. The van der Waals surface area contributed by atoms with Crippen LogP contribution in [0.25, 0.3) is 0 Å². The number of benzene rings is 2. The number of para-hydroxylation sites is 1. The van der Waals surface area contributed by atoms with Crippen LogP contribution in [0.2, 0.25) is 0 Å². The van der Waals surface area contributed by atoms with Gasteiger partial charge in [-0.25, -0.2) is 0 Å². The van der Waals surface area contributed by atoms with Crippen LogP contribution in [0.1, 0.15) is 12.8 Å². The highest BCUT2D eigenvalue weighted by Crippen LogP contribution is 2.22. The molecule has 0 unspecified atom stereocenters. The van der Waals surface area contributed by atoms with Crippen molar-refractivity contribution in [2.45, 2.75) is 12.8 Å². The number of hydrogen-bond donors (Lipinski definition) is 1. The molecule has 2 aromatic carbocycles. The van der Waals surface area contributed by atoms with Crippen molar-refractivity contribution in [2.24, 2.45) is 5.92 Å². The molecule has 2 amide bonds. The molecule has 0 radical (unpaired) electrons. The van der Waals surface area contributed by atoms with Gasteiger partial charge < -0.3 is 24.8 Å². The number of likely N-dealkylation sites (tertiary alicyclic amines) is 1. The molecule has 0 aromatic heterocycles. The number of ether oxygens (including phenoxy) is 1. The number of amides is 2. The minimum absolute atomic E-state index is 0.0283. The normalized spacial score (nSPS) is 17.8. The highest BCUT2D eigenvalue weighted by molar-refractivity contribution is 5.93. The van der Waals surface area contributed by atoms with E-state index >= 15 is 0 Å². The zero-order chi connectivity index (χ0) is 22.3. The highest BCUT2D eigenvalue weighted by Gasteiger charge is 2.27. The van der Waals surface area contributed by atoms with Crippen molar-refractivity contribution >= 4 is 23.2 Å². The number of likely N-dealkylation sites (N-methyl/N-ethyl adjacent to an activating group) is 1. The Bertz CT molecular complexity index is 887. The van der Waals surface area contributed by atoms with Crippen molar-refractivity contribution in [3.05, 3.63) is 54.6 Å². The van der Waals surface area contributed by atoms with E-state index in [1.165, 1.54) is 5.69 Å². The number of piperidine rings is 1. The molecular weight excluding hydrogens is 404 g/mol. The van der Waals surface area contributed by atoms with Crippen LogP contribution < -0.4 is 15.0 Å². The van der Waals surface area contributed by atoms with E-state index < -0.39 is 0 Å². The fourth-order valence-electron chi connectivity index (χ4n) is 4.21. The number of nitrogens with one attached hydrogen (secondary N) is 1. The molecule has 2 heterocycles. The molecule has 7 nitrogen and oxygen atoms in total. The van der Waals surface area contributed by atoms with E-state index in [1.807, 2.05) is 42.5 Å². The van der Waals surface area contributed by atoms with Gasteiger partial charge in [0, 0.05) is 56.6 Å². The quantitative estimate of drug-likeness (QED) is 0.754. The third-order valence-electron chi connectivity index (χ3n) is 6.33. The second-order valence-electron chi connectivity index (χ2n) is 8.58. The van der Waals surface area contributed by atoms with Crippen LogP contribution in [0.15, 0.2) is 54.6 Å². The number of piperazine rings is 1. The maximum absolute atomic E-state index is 12.7. The van der Waals surface area contributed by atoms with E-state index in [0.717, 1.165) is 31.9 Å². The van der Waals surface area contributed by atoms with Gasteiger partial charge in [-0.3, -0.25) is 9.59 Å². The van der Waals surface area contributed by atoms with E-state index in [9.17, 15) is 9.59 Å². The first-order valence-electron chi connectivity index (χ1n) is 11.4. The van der Waals surface area contributed by atoms with E-state index in [2.05, 4.69) is 34.3 Å². The van der Waals surface area contributed by atoms with Crippen LogP contribution in [-0.4, -0.2) is 74.5 Å². The molecular formula is C25H32N4O3. The highest BCUT2D eigenvalue weighted by atomic mass is 16.5. The molecule has 1 N–H and O–H groups in total. The van der Waals surface area contributed by atoms with Gasteiger partial charge in [0.2, 0.25) is 5.91 Å². The maximum Gasteiger partial charge on any atom is 0.260 e. The lowest BCUT2D eigenvalue weighted by Gasteiger charge is -2.34. The van der Waals surface area contributed by atoms with Crippen LogP contribution in [0.5, 0.6) is 5.75 Å². The van der Waals surface area contributed by atoms with Crippen LogP contribution in [0.3, 0.4) is 0 Å². The Morgan fingerprint density at radius 2 is 1.56 bits per heavy atom. The Hall–Kier alpha value is -3.06. The first-order valence-corrected chi connectivity index (χ1v) is 11.4. The van der Waals surface area contributed by atoms with Crippen molar-refractivity contribution in [1.82, 2.24) is 9.80 Å². The Morgan fingerprint density at radius 3 is 2.22 bits per heavy atom. The average Bonchev–Trinajstić information content (AvgIpc) is 2.84. The van der Waals surface area contributed by atoms with Crippen LogP contribution in [-0.2, 0) is 9.59 Å². The second kappa shape index (κ2) is 10.5. The number of anilines is 2. The van der Waals surface area contributed by atoms with Gasteiger partial charge in [-0.05, 0) is 56.3 Å². The summed E-state index contributed by atoms with van der Waals surface area (Å²) in [5.74, 6) is 0.609. The molecule has 2 saturated heterocycles. The first-order chi connectivity index (χ1) is 15.6. The van der Waals surface area contributed by atoms with Crippen molar-refractivity contribution in [3.8, 4) is 5.75 Å². The topological polar surface area (TPSA) is 65.1 Å². The standard InChI is InChI=1S/C25H32N4O3/c1-27-15-17-28(18-16-27)22-9-7-21(8-10-22)26-25(31)20-11-13-29(14-12-20)24(30)19-32-23-5-3-2-4-6-23/h2-10,20H,11-19H2,1H3,(H,26,31). The minimum atomic E-state index is -0.0774. The van der Waals surface area contributed by atoms with Gasteiger partial charge in [0.1, 0.15) is 5.75 Å². The largest absolute Gasteiger partial charge is 0.484 e. The number of rotatable bonds is 6. The number of carbonyl (C=O) groups is 2. The van der Waals surface area contributed by atoms with Crippen LogP contribution in [0.4, 0.5) is 11.4 Å². The molecule has 2 fully saturated rings. The van der Waals surface area contributed by atoms with Crippen molar-refractivity contribution in [1.29, 1.82) is 0 Å². The molecule has 32 heavy (non-hydrogen) atoms. The van der Waals surface area contributed by atoms with Gasteiger partial charge in [0.25, 0.3) is 5.91 Å².